The van der Waals surface area contributed by atoms with Crippen molar-refractivity contribution >= 4 is 23.5 Å². The van der Waals surface area contributed by atoms with Crippen LogP contribution in [0.3, 0.4) is 0 Å². The molecule has 1 aromatic carbocycles. The molecule has 20 heavy (non-hydrogen) atoms. The molecule has 0 unspecified atom stereocenters. The quantitative estimate of drug-likeness (QED) is 0.631. The molecule has 0 aliphatic carbocycles. The first-order valence-electron chi connectivity index (χ1n) is 5.99. The highest BCUT2D eigenvalue weighted by Gasteiger charge is 2.12. The van der Waals surface area contributed by atoms with Gasteiger partial charge in [-0.1, -0.05) is 0 Å². The van der Waals surface area contributed by atoms with Gasteiger partial charge in [-0.15, -0.1) is 0 Å². The van der Waals surface area contributed by atoms with Gasteiger partial charge in [-0.3, -0.25) is 14.4 Å². The van der Waals surface area contributed by atoms with Crippen LogP contribution in [0.15, 0.2) is 24.3 Å². The number of likely N-dealkylation sites (N-methyl/N-ethyl adjacent to an activating group) is 1. The second-order valence-corrected chi connectivity index (χ2v) is 4.26. The second kappa shape index (κ2) is 7.13. The average molecular weight is 279 g/mol. The molecular formula is C13H17N3O4. The summed E-state index contributed by atoms with van der Waals surface area (Å²) in [5.41, 5.74) is 6.46. The summed E-state index contributed by atoms with van der Waals surface area (Å²) in [6.07, 6.45) is -0.131. The van der Waals surface area contributed by atoms with E-state index in [1.165, 1.54) is 11.9 Å². The van der Waals surface area contributed by atoms with E-state index in [4.69, 9.17) is 10.8 Å². The Bertz CT molecular complexity index is 499. The molecule has 0 atom stereocenters. The van der Waals surface area contributed by atoms with Crippen molar-refractivity contribution < 1.29 is 19.5 Å². The number of nitrogen functional groups attached to an aromatic ring is 1. The van der Waals surface area contributed by atoms with E-state index in [0.717, 1.165) is 0 Å². The van der Waals surface area contributed by atoms with E-state index in [1.807, 2.05) is 0 Å². The molecule has 0 bridgehead atoms. The van der Waals surface area contributed by atoms with Gasteiger partial charge < -0.3 is 21.1 Å². The lowest BCUT2D eigenvalue weighted by atomic mass is 10.2. The molecule has 7 heteroatoms. The molecule has 0 saturated carbocycles. The van der Waals surface area contributed by atoms with Crippen LogP contribution in [0.4, 0.5) is 5.69 Å². The van der Waals surface area contributed by atoms with Crippen LogP contribution in [0.25, 0.3) is 0 Å². The fourth-order valence-electron chi connectivity index (χ4n) is 1.42. The van der Waals surface area contributed by atoms with Crippen LogP contribution in [0.5, 0.6) is 0 Å². The number of carbonyl (C=O) groups excluding carboxylic acids is 2. The monoisotopic (exact) mass is 279 g/mol. The summed E-state index contributed by atoms with van der Waals surface area (Å²) in [6.45, 7) is -0.0781. The van der Waals surface area contributed by atoms with Gasteiger partial charge in [-0.2, -0.15) is 0 Å². The largest absolute Gasteiger partial charge is 0.481 e. The Labute approximate surface area is 116 Å². The number of rotatable bonds is 6. The number of nitrogens with two attached hydrogens (primary N) is 1. The first kappa shape index (κ1) is 15.5. The summed E-state index contributed by atoms with van der Waals surface area (Å²) >= 11 is 0. The van der Waals surface area contributed by atoms with Crippen LogP contribution in [-0.4, -0.2) is 47.9 Å². The number of aliphatic carboxylic acids is 1. The molecule has 0 fully saturated rings. The number of anilines is 1. The third-order valence-electron chi connectivity index (χ3n) is 2.66. The fourth-order valence-corrected chi connectivity index (χ4v) is 1.42. The SMILES string of the molecule is CN(CCC(=O)O)C(=O)CNC(=O)c1ccc(N)cc1. The van der Waals surface area contributed by atoms with Gasteiger partial charge in [0, 0.05) is 24.8 Å². The van der Waals surface area contributed by atoms with Gasteiger partial charge in [0.2, 0.25) is 5.91 Å². The number of hydrogen-bond acceptors (Lipinski definition) is 4. The number of carbonyl (C=O) groups is 3. The summed E-state index contributed by atoms with van der Waals surface area (Å²) in [4.78, 5) is 35.0. The minimum absolute atomic E-state index is 0.103. The Morgan fingerprint density at radius 2 is 1.85 bits per heavy atom. The zero-order valence-corrected chi connectivity index (χ0v) is 11.1. The number of amides is 2. The summed E-state index contributed by atoms with van der Waals surface area (Å²) in [5, 5.41) is 11.0. The van der Waals surface area contributed by atoms with Gasteiger partial charge >= 0.3 is 5.97 Å². The number of benzene rings is 1. The Morgan fingerprint density at radius 3 is 2.40 bits per heavy atom. The van der Waals surface area contributed by atoms with Crippen molar-refractivity contribution in [1.82, 2.24) is 10.2 Å². The summed E-state index contributed by atoms with van der Waals surface area (Å²) < 4.78 is 0. The molecular weight excluding hydrogens is 262 g/mol. The Hall–Kier alpha value is -2.57. The van der Waals surface area contributed by atoms with Crippen molar-refractivity contribution in [3.63, 3.8) is 0 Å². The van der Waals surface area contributed by atoms with Crippen molar-refractivity contribution in [3.8, 4) is 0 Å². The van der Waals surface area contributed by atoms with Crippen molar-refractivity contribution in [2.45, 2.75) is 6.42 Å². The van der Waals surface area contributed by atoms with Crippen LogP contribution < -0.4 is 11.1 Å². The third kappa shape index (κ3) is 4.97. The highest BCUT2D eigenvalue weighted by atomic mass is 16.4. The lowest BCUT2D eigenvalue weighted by molar-refractivity contribution is -0.138. The van der Waals surface area contributed by atoms with E-state index in [-0.39, 0.29) is 31.3 Å². The van der Waals surface area contributed by atoms with Gasteiger partial charge in [0.25, 0.3) is 5.91 Å². The lowest BCUT2D eigenvalue weighted by Gasteiger charge is -2.16. The Balaban J connectivity index is 2.42. The topological polar surface area (TPSA) is 113 Å². The minimum atomic E-state index is -0.976. The highest BCUT2D eigenvalue weighted by Crippen LogP contribution is 2.04. The van der Waals surface area contributed by atoms with Crippen LogP contribution in [0.2, 0.25) is 0 Å². The minimum Gasteiger partial charge on any atom is -0.481 e. The fraction of sp³-hybridized carbons (Fsp3) is 0.308. The van der Waals surface area contributed by atoms with Crippen LogP contribution in [0, 0.1) is 0 Å². The molecule has 1 aromatic rings. The molecule has 0 aliphatic heterocycles. The van der Waals surface area contributed by atoms with E-state index < -0.39 is 5.97 Å². The molecule has 0 radical (unpaired) electrons. The molecule has 0 heterocycles. The maximum absolute atomic E-state index is 11.7. The first-order chi connectivity index (χ1) is 9.40. The summed E-state index contributed by atoms with van der Waals surface area (Å²) in [7, 11) is 1.49. The normalized spacial score (nSPS) is 9.85. The zero-order valence-electron chi connectivity index (χ0n) is 11.1. The molecule has 2 amide bonds. The molecule has 1 rings (SSSR count). The van der Waals surface area contributed by atoms with E-state index in [9.17, 15) is 14.4 Å². The first-order valence-corrected chi connectivity index (χ1v) is 5.99. The molecule has 7 nitrogen and oxygen atoms in total. The molecule has 0 aromatic heterocycles. The van der Waals surface area contributed by atoms with Gasteiger partial charge in [0.15, 0.2) is 0 Å². The predicted octanol–water partition coefficient (Wildman–Crippen LogP) is -0.0683. The zero-order chi connectivity index (χ0) is 15.1. The van der Waals surface area contributed by atoms with E-state index in [2.05, 4.69) is 5.32 Å². The molecule has 0 aliphatic rings. The van der Waals surface area contributed by atoms with Crippen molar-refractivity contribution in [2.75, 3.05) is 25.9 Å². The van der Waals surface area contributed by atoms with Crippen LogP contribution in [0.1, 0.15) is 16.8 Å². The number of carboxylic acid groups (broad SMARTS) is 1. The second-order valence-electron chi connectivity index (χ2n) is 4.26. The van der Waals surface area contributed by atoms with Crippen molar-refractivity contribution in [1.29, 1.82) is 0 Å². The average Bonchev–Trinajstić information content (AvgIpc) is 2.42. The maximum Gasteiger partial charge on any atom is 0.305 e. The van der Waals surface area contributed by atoms with E-state index in [0.29, 0.717) is 11.3 Å². The lowest BCUT2D eigenvalue weighted by Crippen LogP contribution is -2.38. The maximum atomic E-state index is 11.7. The summed E-state index contributed by atoms with van der Waals surface area (Å²) in [5.74, 6) is -1.71. The van der Waals surface area contributed by atoms with Gasteiger partial charge in [0.05, 0.1) is 13.0 Å². The van der Waals surface area contributed by atoms with Gasteiger partial charge in [-0.25, -0.2) is 0 Å². The van der Waals surface area contributed by atoms with Crippen LogP contribution >= 0.6 is 0 Å². The Morgan fingerprint density at radius 1 is 1.25 bits per heavy atom. The number of carboxylic acids is 1. The predicted molar refractivity (Wildman–Crippen MR) is 73.1 cm³/mol. The highest BCUT2D eigenvalue weighted by molar-refractivity contribution is 5.96. The van der Waals surface area contributed by atoms with Crippen molar-refractivity contribution in [2.24, 2.45) is 0 Å². The van der Waals surface area contributed by atoms with Gasteiger partial charge in [0.1, 0.15) is 0 Å². The molecule has 4 N–H and O–H groups in total. The number of hydrogen-bond donors (Lipinski definition) is 3. The van der Waals surface area contributed by atoms with E-state index >= 15 is 0 Å². The van der Waals surface area contributed by atoms with Gasteiger partial charge in [-0.05, 0) is 24.3 Å². The Kier molecular flexibility index (Phi) is 5.52. The van der Waals surface area contributed by atoms with Crippen molar-refractivity contribution in [3.05, 3.63) is 29.8 Å². The van der Waals surface area contributed by atoms with Crippen LogP contribution in [-0.2, 0) is 9.59 Å². The number of nitrogens with one attached hydrogen (secondary N) is 1. The third-order valence-corrected chi connectivity index (χ3v) is 2.66. The summed E-state index contributed by atoms with van der Waals surface area (Å²) in [6, 6.07) is 6.30. The molecule has 0 spiro atoms. The van der Waals surface area contributed by atoms with E-state index in [1.54, 1.807) is 24.3 Å². The smallest absolute Gasteiger partial charge is 0.305 e. The standard InChI is InChI=1S/C13H17N3O4/c1-16(7-6-12(18)19)11(17)8-15-13(20)9-2-4-10(14)5-3-9/h2-5H,6-8,14H2,1H3,(H,15,20)(H,18,19). The molecule has 0 saturated heterocycles. The molecule has 108 valence electrons. The number of nitrogens with zero attached hydrogens (tertiary/aromatic N) is 1.